The van der Waals surface area contributed by atoms with Crippen molar-refractivity contribution in [3.63, 3.8) is 0 Å². The summed E-state index contributed by atoms with van der Waals surface area (Å²) in [6.45, 7) is 7.40. The van der Waals surface area contributed by atoms with Gasteiger partial charge in [-0.25, -0.2) is 0 Å². The first kappa shape index (κ1) is 14.1. The van der Waals surface area contributed by atoms with Crippen LogP contribution in [0.25, 0.3) is 0 Å². The molecule has 1 aromatic rings. The number of nitrogens with zero attached hydrogens (tertiary/aromatic N) is 1. The maximum atomic E-state index is 3.79. The van der Waals surface area contributed by atoms with Crippen molar-refractivity contribution < 1.29 is 0 Å². The van der Waals surface area contributed by atoms with Crippen LogP contribution in [0.4, 0.5) is 0 Å². The molecule has 2 nitrogen and oxygen atoms in total. The number of hydrogen-bond acceptors (Lipinski definition) is 2. The monoisotopic (exact) mass is 272 g/mol. The quantitative estimate of drug-likeness (QED) is 0.856. The van der Waals surface area contributed by atoms with Crippen LogP contribution < -0.4 is 5.32 Å². The molecule has 20 heavy (non-hydrogen) atoms. The maximum Gasteiger partial charge on any atom is 0.00916 e. The fourth-order valence-corrected chi connectivity index (χ4v) is 3.07. The molecule has 1 aliphatic carbocycles. The zero-order valence-electron chi connectivity index (χ0n) is 12.8. The lowest BCUT2D eigenvalue weighted by Crippen LogP contribution is -2.44. The number of likely N-dealkylation sites (tertiary alicyclic amines) is 1. The van der Waals surface area contributed by atoms with E-state index in [0.29, 0.717) is 5.41 Å². The molecule has 0 bridgehead atoms. The number of piperidine rings is 1. The van der Waals surface area contributed by atoms with Gasteiger partial charge in [0.25, 0.3) is 0 Å². The van der Waals surface area contributed by atoms with E-state index in [1.54, 1.807) is 0 Å². The minimum absolute atomic E-state index is 0.643. The Balaban J connectivity index is 1.34. The molecule has 0 radical (unpaired) electrons. The van der Waals surface area contributed by atoms with Crippen LogP contribution in [0, 0.1) is 5.41 Å². The lowest BCUT2D eigenvalue weighted by Gasteiger charge is -2.33. The third-order valence-corrected chi connectivity index (χ3v) is 5.07. The second-order valence-corrected chi connectivity index (χ2v) is 7.04. The molecule has 0 atom stereocenters. The molecule has 0 spiro atoms. The smallest absolute Gasteiger partial charge is 0.00916 e. The van der Waals surface area contributed by atoms with Crippen molar-refractivity contribution in [3.05, 3.63) is 35.9 Å². The van der Waals surface area contributed by atoms with E-state index in [4.69, 9.17) is 0 Å². The number of hydrogen-bond donors (Lipinski definition) is 1. The summed E-state index contributed by atoms with van der Waals surface area (Å²) in [6.07, 6.45) is 6.69. The van der Waals surface area contributed by atoms with E-state index in [-0.39, 0.29) is 0 Å². The molecule has 0 aromatic heterocycles. The average Bonchev–Trinajstić information content (AvgIpc) is 3.23. The van der Waals surface area contributed by atoms with Crippen LogP contribution in [0.2, 0.25) is 0 Å². The SMILES string of the molecule is CC1(CNC2CCN(CCc3ccccc3)CC2)CC1. The topological polar surface area (TPSA) is 15.3 Å². The lowest BCUT2D eigenvalue weighted by atomic mass is 10.0. The van der Waals surface area contributed by atoms with Crippen molar-refractivity contribution in [3.8, 4) is 0 Å². The average molecular weight is 272 g/mol. The Morgan fingerprint density at radius 2 is 1.85 bits per heavy atom. The van der Waals surface area contributed by atoms with Gasteiger partial charge in [-0.05, 0) is 56.2 Å². The normalized spacial score (nSPS) is 22.9. The van der Waals surface area contributed by atoms with Gasteiger partial charge in [-0.15, -0.1) is 0 Å². The van der Waals surface area contributed by atoms with Gasteiger partial charge in [0, 0.05) is 19.1 Å². The second-order valence-electron chi connectivity index (χ2n) is 7.04. The largest absolute Gasteiger partial charge is 0.313 e. The third kappa shape index (κ3) is 4.07. The van der Waals surface area contributed by atoms with Crippen LogP contribution in [0.5, 0.6) is 0 Å². The van der Waals surface area contributed by atoms with E-state index in [1.165, 1.54) is 63.8 Å². The highest BCUT2D eigenvalue weighted by molar-refractivity contribution is 5.14. The molecule has 2 aliphatic rings. The molecule has 1 aliphatic heterocycles. The van der Waals surface area contributed by atoms with E-state index < -0.39 is 0 Å². The summed E-state index contributed by atoms with van der Waals surface area (Å²) >= 11 is 0. The molecule has 1 saturated carbocycles. The van der Waals surface area contributed by atoms with Gasteiger partial charge in [0.1, 0.15) is 0 Å². The first-order valence-electron chi connectivity index (χ1n) is 8.23. The number of nitrogens with one attached hydrogen (secondary N) is 1. The highest BCUT2D eigenvalue weighted by Crippen LogP contribution is 2.44. The first-order chi connectivity index (χ1) is 9.73. The number of benzene rings is 1. The molecule has 110 valence electrons. The molecule has 1 heterocycles. The first-order valence-corrected chi connectivity index (χ1v) is 8.23. The van der Waals surface area contributed by atoms with Crippen molar-refractivity contribution in [2.24, 2.45) is 5.41 Å². The van der Waals surface area contributed by atoms with Crippen LogP contribution in [-0.2, 0) is 6.42 Å². The van der Waals surface area contributed by atoms with Gasteiger partial charge >= 0.3 is 0 Å². The Bertz CT molecular complexity index is 403. The van der Waals surface area contributed by atoms with Gasteiger partial charge in [0.2, 0.25) is 0 Å². The van der Waals surface area contributed by atoms with Crippen LogP contribution in [0.3, 0.4) is 0 Å². The molecule has 0 unspecified atom stereocenters. The summed E-state index contributed by atoms with van der Waals surface area (Å²) in [5, 5.41) is 3.79. The standard InChI is InChI=1S/C18H28N2/c1-18(10-11-18)15-19-17-8-13-20(14-9-17)12-7-16-5-3-2-4-6-16/h2-6,17,19H,7-15H2,1H3. The molecular formula is C18H28N2. The van der Waals surface area contributed by atoms with Crippen molar-refractivity contribution in [2.45, 2.75) is 45.1 Å². The summed E-state index contributed by atoms with van der Waals surface area (Å²) in [4.78, 5) is 2.63. The lowest BCUT2D eigenvalue weighted by molar-refractivity contribution is 0.196. The Morgan fingerprint density at radius 1 is 1.15 bits per heavy atom. The van der Waals surface area contributed by atoms with Gasteiger partial charge < -0.3 is 10.2 Å². The minimum atomic E-state index is 0.643. The van der Waals surface area contributed by atoms with Crippen LogP contribution in [0.15, 0.2) is 30.3 Å². The highest BCUT2D eigenvalue weighted by Gasteiger charge is 2.37. The maximum absolute atomic E-state index is 3.79. The molecule has 1 saturated heterocycles. The second kappa shape index (κ2) is 6.28. The fraction of sp³-hybridized carbons (Fsp3) is 0.667. The Hall–Kier alpha value is -0.860. The Morgan fingerprint density at radius 3 is 2.50 bits per heavy atom. The minimum Gasteiger partial charge on any atom is -0.313 e. The molecule has 3 rings (SSSR count). The molecule has 2 heteroatoms. The predicted molar refractivity (Wildman–Crippen MR) is 85.0 cm³/mol. The number of rotatable bonds is 6. The van der Waals surface area contributed by atoms with Crippen molar-refractivity contribution in [2.75, 3.05) is 26.2 Å². The highest BCUT2D eigenvalue weighted by atomic mass is 15.1. The zero-order chi connectivity index (χ0) is 13.8. The van der Waals surface area contributed by atoms with Crippen molar-refractivity contribution >= 4 is 0 Å². The predicted octanol–water partition coefficient (Wildman–Crippen LogP) is 3.08. The van der Waals surface area contributed by atoms with Crippen LogP contribution in [-0.4, -0.2) is 37.1 Å². The van der Waals surface area contributed by atoms with Gasteiger partial charge in [-0.2, -0.15) is 0 Å². The van der Waals surface area contributed by atoms with E-state index in [1.807, 2.05) is 0 Å². The van der Waals surface area contributed by atoms with E-state index in [9.17, 15) is 0 Å². The van der Waals surface area contributed by atoms with Crippen molar-refractivity contribution in [1.82, 2.24) is 10.2 Å². The molecule has 2 fully saturated rings. The molecular weight excluding hydrogens is 244 g/mol. The summed E-state index contributed by atoms with van der Waals surface area (Å²) in [5.41, 5.74) is 2.11. The summed E-state index contributed by atoms with van der Waals surface area (Å²) in [7, 11) is 0. The van der Waals surface area contributed by atoms with E-state index in [0.717, 1.165) is 6.04 Å². The zero-order valence-corrected chi connectivity index (χ0v) is 12.8. The van der Waals surface area contributed by atoms with Gasteiger partial charge in [0.05, 0.1) is 0 Å². The summed E-state index contributed by atoms with van der Waals surface area (Å²) in [6, 6.07) is 11.6. The molecule has 0 amide bonds. The van der Waals surface area contributed by atoms with Gasteiger partial charge in [-0.3, -0.25) is 0 Å². The summed E-state index contributed by atoms with van der Waals surface area (Å²) < 4.78 is 0. The van der Waals surface area contributed by atoms with Crippen LogP contribution in [0.1, 0.15) is 38.2 Å². The fourth-order valence-electron chi connectivity index (χ4n) is 3.07. The van der Waals surface area contributed by atoms with Crippen LogP contribution >= 0.6 is 0 Å². The van der Waals surface area contributed by atoms with E-state index >= 15 is 0 Å². The molecule has 1 aromatic carbocycles. The summed E-state index contributed by atoms with van der Waals surface area (Å²) in [5.74, 6) is 0. The van der Waals surface area contributed by atoms with Gasteiger partial charge in [0.15, 0.2) is 0 Å². The molecule has 1 N–H and O–H groups in total. The van der Waals surface area contributed by atoms with E-state index in [2.05, 4.69) is 47.5 Å². The third-order valence-electron chi connectivity index (χ3n) is 5.07. The Labute approximate surface area is 123 Å². The van der Waals surface area contributed by atoms with Crippen molar-refractivity contribution in [1.29, 1.82) is 0 Å². The Kier molecular flexibility index (Phi) is 4.42. The van der Waals surface area contributed by atoms with Gasteiger partial charge in [-0.1, -0.05) is 37.3 Å².